The number of nitrogens with one attached hydrogen (secondary N) is 2. The van der Waals surface area contributed by atoms with Crippen LogP contribution < -0.4 is 10.6 Å². The van der Waals surface area contributed by atoms with Crippen LogP contribution in [0.2, 0.25) is 5.02 Å². The van der Waals surface area contributed by atoms with Crippen LogP contribution in [0.1, 0.15) is 47.2 Å². The molecule has 0 heterocycles. The summed E-state index contributed by atoms with van der Waals surface area (Å²) >= 11 is 6.04. The molecule has 0 bridgehead atoms. The van der Waals surface area contributed by atoms with Gasteiger partial charge in [-0.1, -0.05) is 23.7 Å². The van der Waals surface area contributed by atoms with Crippen molar-refractivity contribution in [2.75, 3.05) is 11.9 Å². The van der Waals surface area contributed by atoms with Crippen molar-refractivity contribution in [1.82, 2.24) is 5.32 Å². The first-order chi connectivity index (χ1) is 14.3. The Morgan fingerprint density at radius 3 is 2.50 bits per heavy atom. The molecule has 1 fully saturated rings. The highest BCUT2D eigenvalue weighted by Gasteiger charge is 2.31. The summed E-state index contributed by atoms with van der Waals surface area (Å²) in [6.45, 7) is 0.684. The molecule has 0 radical (unpaired) electrons. The Hall–Kier alpha value is -2.72. The number of benzene rings is 2. The molecule has 0 spiro atoms. The summed E-state index contributed by atoms with van der Waals surface area (Å²) in [6.07, 6.45) is -1.25. The van der Waals surface area contributed by atoms with Crippen molar-refractivity contribution < 1.29 is 18.0 Å². The number of hydrogen-bond donors (Lipinski definition) is 2. The lowest BCUT2D eigenvalue weighted by Gasteiger charge is -2.29. The van der Waals surface area contributed by atoms with Gasteiger partial charge in [0.15, 0.2) is 0 Å². The van der Waals surface area contributed by atoms with E-state index < -0.39 is 17.6 Å². The van der Waals surface area contributed by atoms with Crippen molar-refractivity contribution in [2.24, 2.45) is 5.92 Å². The number of nitrogens with zero attached hydrogens (tertiary/aromatic N) is 1. The fourth-order valence-corrected chi connectivity index (χ4v) is 3.87. The lowest BCUT2D eigenvalue weighted by atomic mass is 9.85. The molecule has 2 N–H and O–H groups in total. The summed E-state index contributed by atoms with van der Waals surface area (Å²) in [5, 5.41) is 15.8. The van der Waals surface area contributed by atoms with E-state index in [0.29, 0.717) is 28.7 Å². The maximum Gasteiger partial charge on any atom is 0.416 e. The third kappa shape index (κ3) is 5.45. The van der Waals surface area contributed by atoms with Gasteiger partial charge < -0.3 is 10.6 Å². The maximum atomic E-state index is 12.8. The lowest BCUT2D eigenvalue weighted by Crippen LogP contribution is -2.38. The van der Waals surface area contributed by atoms with E-state index >= 15 is 0 Å². The normalized spacial score (nSPS) is 19.0. The van der Waals surface area contributed by atoms with Crippen molar-refractivity contribution in [2.45, 2.75) is 37.9 Å². The van der Waals surface area contributed by atoms with Crippen LogP contribution in [0.4, 0.5) is 18.9 Å². The second-order valence-electron chi connectivity index (χ2n) is 7.42. The molecule has 1 amide bonds. The van der Waals surface area contributed by atoms with Crippen LogP contribution in [0.3, 0.4) is 0 Å². The molecule has 0 aromatic heterocycles. The van der Waals surface area contributed by atoms with E-state index in [1.807, 2.05) is 6.07 Å². The van der Waals surface area contributed by atoms with Crippen molar-refractivity contribution in [3.05, 3.63) is 64.2 Å². The smallest absolute Gasteiger partial charge is 0.384 e. The molecule has 0 unspecified atom stereocenters. The van der Waals surface area contributed by atoms with Gasteiger partial charge in [-0.25, -0.2) is 0 Å². The standard InChI is InChI=1S/C22H21ClF3N3O/c23-19-5-2-6-20(18(19)12-27)28-13-14-7-9-17(10-8-14)29-21(30)15-3-1-4-16(11-15)22(24,25)26/h1-6,11,14,17,28H,7-10,13H2,(H,29,30)/t14-,17-. The first-order valence-corrected chi connectivity index (χ1v) is 10.1. The van der Waals surface area contributed by atoms with Crippen LogP contribution in [0.15, 0.2) is 42.5 Å². The van der Waals surface area contributed by atoms with E-state index in [9.17, 15) is 23.2 Å². The van der Waals surface area contributed by atoms with Gasteiger partial charge in [0.25, 0.3) is 5.91 Å². The van der Waals surface area contributed by atoms with Crippen molar-refractivity contribution in [3.63, 3.8) is 0 Å². The quantitative estimate of drug-likeness (QED) is 0.639. The Balaban J connectivity index is 1.50. The summed E-state index contributed by atoms with van der Waals surface area (Å²) in [5.74, 6) is -0.113. The average Bonchev–Trinajstić information content (AvgIpc) is 2.73. The highest BCUT2D eigenvalue weighted by Crippen LogP contribution is 2.30. The second kappa shape index (κ2) is 9.40. The second-order valence-corrected chi connectivity index (χ2v) is 7.83. The molecular weight excluding hydrogens is 415 g/mol. The van der Waals surface area contributed by atoms with Crippen molar-refractivity contribution in [3.8, 4) is 6.07 Å². The number of carbonyl (C=O) groups is 1. The number of amides is 1. The van der Waals surface area contributed by atoms with Gasteiger partial charge >= 0.3 is 6.18 Å². The average molecular weight is 436 g/mol. The Morgan fingerprint density at radius 2 is 1.83 bits per heavy atom. The largest absolute Gasteiger partial charge is 0.416 e. The number of nitriles is 1. The van der Waals surface area contributed by atoms with Gasteiger partial charge in [-0.05, 0) is 61.9 Å². The fourth-order valence-electron chi connectivity index (χ4n) is 3.66. The third-order valence-electron chi connectivity index (χ3n) is 5.34. The molecule has 0 atom stereocenters. The first kappa shape index (κ1) is 22.0. The van der Waals surface area contributed by atoms with Gasteiger partial charge in [0.05, 0.1) is 21.8 Å². The van der Waals surface area contributed by atoms with Crippen molar-refractivity contribution in [1.29, 1.82) is 5.26 Å². The first-order valence-electron chi connectivity index (χ1n) is 9.68. The van der Waals surface area contributed by atoms with E-state index in [1.165, 1.54) is 12.1 Å². The van der Waals surface area contributed by atoms with E-state index in [0.717, 1.165) is 37.8 Å². The van der Waals surface area contributed by atoms with Gasteiger partial charge in [0.1, 0.15) is 6.07 Å². The molecule has 1 aliphatic carbocycles. The molecule has 8 heteroatoms. The molecule has 2 aromatic carbocycles. The number of anilines is 1. The van der Waals surface area contributed by atoms with Gasteiger partial charge in [-0.2, -0.15) is 18.4 Å². The monoisotopic (exact) mass is 435 g/mol. The molecule has 3 rings (SSSR count). The van der Waals surface area contributed by atoms with Crippen LogP contribution in [0, 0.1) is 17.2 Å². The SMILES string of the molecule is N#Cc1c(Cl)cccc1NC[C@H]1CC[C@H](NC(=O)c2cccc(C(F)(F)F)c2)CC1. The number of alkyl halides is 3. The third-order valence-corrected chi connectivity index (χ3v) is 5.66. The van der Waals surface area contributed by atoms with E-state index in [2.05, 4.69) is 16.7 Å². The Kier molecular flexibility index (Phi) is 6.88. The van der Waals surface area contributed by atoms with Crippen LogP contribution in [-0.2, 0) is 6.18 Å². The molecule has 2 aromatic rings. The van der Waals surface area contributed by atoms with Gasteiger partial charge in [-0.15, -0.1) is 0 Å². The van der Waals surface area contributed by atoms with E-state index in [4.69, 9.17) is 11.6 Å². The maximum absolute atomic E-state index is 12.8. The molecule has 158 valence electrons. The highest BCUT2D eigenvalue weighted by molar-refractivity contribution is 6.32. The fraction of sp³-hybridized carbons (Fsp3) is 0.364. The molecule has 4 nitrogen and oxygen atoms in total. The topological polar surface area (TPSA) is 64.9 Å². The van der Waals surface area contributed by atoms with E-state index in [-0.39, 0.29) is 11.6 Å². The summed E-state index contributed by atoms with van der Waals surface area (Å²) in [4.78, 5) is 12.4. The molecule has 1 aliphatic rings. The zero-order valence-electron chi connectivity index (χ0n) is 16.1. The minimum Gasteiger partial charge on any atom is -0.384 e. The summed E-state index contributed by atoms with van der Waals surface area (Å²) in [6, 6.07) is 11.8. The van der Waals surface area contributed by atoms with Crippen molar-refractivity contribution >= 4 is 23.2 Å². The number of rotatable bonds is 5. The van der Waals surface area contributed by atoms with Crippen LogP contribution in [-0.4, -0.2) is 18.5 Å². The predicted octanol–water partition coefficient (Wildman–Crippen LogP) is 5.63. The van der Waals surface area contributed by atoms with Crippen LogP contribution >= 0.6 is 11.6 Å². The minimum atomic E-state index is -4.48. The zero-order valence-corrected chi connectivity index (χ0v) is 16.9. The lowest BCUT2D eigenvalue weighted by molar-refractivity contribution is -0.137. The number of carbonyl (C=O) groups excluding carboxylic acids is 1. The summed E-state index contributed by atoms with van der Waals surface area (Å²) in [5.41, 5.74) is 0.299. The van der Waals surface area contributed by atoms with Gasteiger partial charge in [0.2, 0.25) is 0 Å². The highest BCUT2D eigenvalue weighted by atomic mass is 35.5. The molecule has 1 saturated carbocycles. The van der Waals surface area contributed by atoms with E-state index in [1.54, 1.807) is 12.1 Å². The molecule has 0 aliphatic heterocycles. The van der Waals surface area contributed by atoms with Gasteiger partial charge in [-0.3, -0.25) is 4.79 Å². The molecule has 30 heavy (non-hydrogen) atoms. The molecule has 0 saturated heterocycles. The van der Waals surface area contributed by atoms with Crippen LogP contribution in [0.5, 0.6) is 0 Å². The number of halogens is 4. The number of hydrogen-bond acceptors (Lipinski definition) is 3. The molecular formula is C22H21ClF3N3O. The van der Waals surface area contributed by atoms with Gasteiger partial charge in [0, 0.05) is 18.2 Å². The summed E-state index contributed by atoms with van der Waals surface area (Å²) < 4.78 is 38.5. The predicted molar refractivity (Wildman–Crippen MR) is 109 cm³/mol. The Bertz CT molecular complexity index is 947. The Labute approximate surface area is 178 Å². The summed E-state index contributed by atoms with van der Waals surface area (Å²) in [7, 11) is 0. The van der Waals surface area contributed by atoms with Crippen LogP contribution in [0.25, 0.3) is 0 Å². The Morgan fingerprint density at radius 1 is 1.13 bits per heavy atom. The minimum absolute atomic E-state index is 0.0126. The zero-order chi connectivity index (χ0) is 21.7.